The molecule has 9 heteroatoms. The van der Waals surface area contributed by atoms with Gasteiger partial charge < -0.3 is 29.1 Å². The van der Waals surface area contributed by atoms with Crippen LogP contribution in [0.15, 0.2) is 69.9 Å². The molecular weight excluding hydrogens is 462 g/mol. The first kappa shape index (κ1) is 25.1. The second kappa shape index (κ2) is 12.1. The van der Waals surface area contributed by atoms with Crippen LogP contribution in [0.25, 0.3) is 0 Å². The summed E-state index contributed by atoms with van der Waals surface area (Å²) in [5.41, 5.74) is 0.631. The van der Waals surface area contributed by atoms with Crippen molar-refractivity contribution in [2.45, 2.75) is 51.2 Å². The molecule has 1 saturated carbocycles. The van der Waals surface area contributed by atoms with Gasteiger partial charge in [0, 0.05) is 6.04 Å². The van der Waals surface area contributed by atoms with Crippen LogP contribution in [-0.2, 0) is 16.1 Å². The van der Waals surface area contributed by atoms with Crippen LogP contribution in [0.4, 0.5) is 0 Å². The second-order valence-corrected chi connectivity index (χ2v) is 8.66. The molecule has 1 aliphatic carbocycles. The molecule has 2 heterocycles. The quantitative estimate of drug-likeness (QED) is 0.420. The molecule has 4 rings (SSSR count). The molecule has 1 atom stereocenters. The molecular formula is C27H31N3O6. The van der Waals surface area contributed by atoms with E-state index < -0.39 is 17.9 Å². The fourth-order valence-electron chi connectivity index (χ4n) is 4.38. The van der Waals surface area contributed by atoms with Gasteiger partial charge in [-0.2, -0.15) is 0 Å². The fourth-order valence-corrected chi connectivity index (χ4v) is 4.38. The Morgan fingerprint density at radius 1 is 1.03 bits per heavy atom. The van der Waals surface area contributed by atoms with Gasteiger partial charge in [0.25, 0.3) is 5.91 Å². The first-order valence-corrected chi connectivity index (χ1v) is 12.2. The van der Waals surface area contributed by atoms with Crippen molar-refractivity contribution < 1.29 is 28.0 Å². The third-order valence-electron chi connectivity index (χ3n) is 6.14. The van der Waals surface area contributed by atoms with Crippen molar-refractivity contribution in [1.82, 2.24) is 15.5 Å². The van der Waals surface area contributed by atoms with Gasteiger partial charge in [0.1, 0.15) is 17.6 Å². The lowest BCUT2D eigenvalue weighted by atomic mass is 10.0. The lowest BCUT2D eigenvalue weighted by Crippen LogP contribution is -2.48. The minimum Gasteiger partial charge on any atom is -0.494 e. The topological polar surface area (TPSA) is 114 Å². The fraction of sp³-hybridized carbons (Fsp3) is 0.370. The number of carbonyl (C=O) groups is 3. The molecule has 3 aromatic rings. The van der Waals surface area contributed by atoms with E-state index in [1.54, 1.807) is 42.5 Å². The Bertz CT molecular complexity index is 1120. The number of amides is 3. The lowest BCUT2D eigenvalue weighted by Gasteiger charge is -2.32. The molecule has 1 fully saturated rings. The molecule has 0 bridgehead atoms. The van der Waals surface area contributed by atoms with Gasteiger partial charge in [-0.15, -0.1) is 0 Å². The highest BCUT2D eigenvalue weighted by Crippen LogP contribution is 2.27. The van der Waals surface area contributed by atoms with Gasteiger partial charge in [-0.1, -0.05) is 25.0 Å². The number of furan rings is 2. The van der Waals surface area contributed by atoms with Crippen molar-refractivity contribution in [3.05, 3.63) is 78.1 Å². The molecule has 0 saturated heterocycles. The van der Waals surface area contributed by atoms with Crippen LogP contribution in [0.2, 0.25) is 0 Å². The molecule has 2 aromatic heterocycles. The summed E-state index contributed by atoms with van der Waals surface area (Å²) >= 11 is 0. The minimum atomic E-state index is -0.931. The van der Waals surface area contributed by atoms with Crippen molar-refractivity contribution >= 4 is 17.7 Å². The van der Waals surface area contributed by atoms with Crippen molar-refractivity contribution in [3.63, 3.8) is 0 Å². The smallest absolute Gasteiger partial charge is 0.287 e. The second-order valence-electron chi connectivity index (χ2n) is 8.66. The Morgan fingerprint density at radius 2 is 1.75 bits per heavy atom. The summed E-state index contributed by atoms with van der Waals surface area (Å²) < 4.78 is 16.2. The molecule has 9 nitrogen and oxygen atoms in total. The molecule has 0 aliphatic heterocycles. The number of carbonyl (C=O) groups excluding carboxylic acids is 3. The minimum absolute atomic E-state index is 0.0540. The average Bonchev–Trinajstić information content (AvgIpc) is 3.67. The van der Waals surface area contributed by atoms with Gasteiger partial charge >= 0.3 is 0 Å². The first-order chi connectivity index (χ1) is 17.5. The van der Waals surface area contributed by atoms with E-state index in [1.807, 2.05) is 6.92 Å². The molecule has 190 valence electrons. The van der Waals surface area contributed by atoms with E-state index in [0.717, 1.165) is 25.7 Å². The number of nitrogens with zero attached hydrogens (tertiary/aromatic N) is 1. The van der Waals surface area contributed by atoms with E-state index >= 15 is 0 Å². The highest BCUT2D eigenvalue weighted by atomic mass is 16.5. The monoisotopic (exact) mass is 493 g/mol. The maximum absolute atomic E-state index is 13.6. The summed E-state index contributed by atoms with van der Waals surface area (Å²) in [6.07, 6.45) is 6.84. The van der Waals surface area contributed by atoms with Crippen molar-refractivity contribution in [2.24, 2.45) is 0 Å². The third-order valence-corrected chi connectivity index (χ3v) is 6.14. The Balaban J connectivity index is 1.61. The van der Waals surface area contributed by atoms with Gasteiger partial charge in [-0.05, 0) is 61.7 Å². The molecule has 1 aromatic carbocycles. The maximum atomic E-state index is 13.6. The van der Waals surface area contributed by atoms with Gasteiger partial charge in [-0.3, -0.25) is 14.4 Å². The van der Waals surface area contributed by atoms with E-state index in [1.165, 1.54) is 23.5 Å². The number of nitrogens with one attached hydrogen (secondary N) is 2. The summed E-state index contributed by atoms with van der Waals surface area (Å²) in [6, 6.07) is 12.8. The zero-order valence-corrected chi connectivity index (χ0v) is 20.3. The zero-order valence-electron chi connectivity index (χ0n) is 20.3. The Labute approximate surface area is 209 Å². The number of hydrogen-bond acceptors (Lipinski definition) is 6. The maximum Gasteiger partial charge on any atom is 0.287 e. The van der Waals surface area contributed by atoms with Crippen LogP contribution >= 0.6 is 0 Å². The third kappa shape index (κ3) is 6.35. The van der Waals surface area contributed by atoms with E-state index in [9.17, 15) is 14.4 Å². The van der Waals surface area contributed by atoms with E-state index in [-0.39, 0.29) is 30.8 Å². The summed E-state index contributed by atoms with van der Waals surface area (Å²) in [4.78, 5) is 40.9. The van der Waals surface area contributed by atoms with Crippen LogP contribution in [0.5, 0.6) is 5.75 Å². The van der Waals surface area contributed by atoms with Gasteiger partial charge in [-0.25, -0.2) is 0 Å². The zero-order chi connectivity index (χ0) is 25.3. The normalized spacial score (nSPS) is 14.2. The summed E-state index contributed by atoms with van der Waals surface area (Å²) in [6.45, 7) is 2.15. The summed E-state index contributed by atoms with van der Waals surface area (Å²) in [5, 5.41) is 5.71. The molecule has 3 amide bonds. The van der Waals surface area contributed by atoms with Crippen molar-refractivity contribution in [2.75, 3.05) is 13.2 Å². The van der Waals surface area contributed by atoms with Crippen LogP contribution in [-0.4, -0.2) is 41.8 Å². The van der Waals surface area contributed by atoms with Crippen molar-refractivity contribution in [3.8, 4) is 5.75 Å². The molecule has 2 N–H and O–H groups in total. The molecule has 0 spiro atoms. The van der Waals surface area contributed by atoms with Crippen LogP contribution in [0.1, 0.15) is 60.5 Å². The number of hydrogen-bond donors (Lipinski definition) is 2. The Hall–Kier alpha value is -4.01. The molecule has 1 aliphatic rings. The standard InChI is InChI=1S/C27H31N3O6/c1-2-34-21-13-11-19(12-14-21)25(27(33)29-20-7-3-4-8-20)30(18-22-9-5-15-35-22)24(31)17-28-26(32)23-10-6-16-36-23/h5-6,9-16,20,25H,2-4,7-8,17-18H2,1H3,(H,28,32)(H,29,33)/t25-/m1/s1. The number of rotatable bonds is 11. The highest BCUT2D eigenvalue weighted by Gasteiger charge is 2.34. The summed E-state index contributed by atoms with van der Waals surface area (Å²) in [5.74, 6) is 0.0629. The van der Waals surface area contributed by atoms with Gasteiger partial charge in [0.05, 0.1) is 32.2 Å². The largest absolute Gasteiger partial charge is 0.494 e. The lowest BCUT2D eigenvalue weighted by molar-refractivity contribution is -0.141. The highest BCUT2D eigenvalue weighted by molar-refractivity contribution is 5.95. The Kier molecular flexibility index (Phi) is 8.44. The Morgan fingerprint density at radius 3 is 2.39 bits per heavy atom. The van der Waals surface area contributed by atoms with Crippen LogP contribution in [0.3, 0.4) is 0 Å². The molecule has 0 radical (unpaired) electrons. The van der Waals surface area contributed by atoms with Gasteiger partial charge in [0.15, 0.2) is 5.76 Å². The average molecular weight is 494 g/mol. The molecule has 0 unspecified atom stereocenters. The van der Waals surface area contributed by atoms with E-state index in [2.05, 4.69) is 10.6 Å². The molecule has 36 heavy (non-hydrogen) atoms. The predicted molar refractivity (Wildman–Crippen MR) is 131 cm³/mol. The van der Waals surface area contributed by atoms with Crippen LogP contribution < -0.4 is 15.4 Å². The van der Waals surface area contributed by atoms with E-state index in [4.69, 9.17) is 13.6 Å². The predicted octanol–water partition coefficient (Wildman–Crippen LogP) is 3.83. The van der Waals surface area contributed by atoms with Crippen molar-refractivity contribution in [1.29, 1.82) is 0 Å². The van der Waals surface area contributed by atoms with E-state index in [0.29, 0.717) is 23.7 Å². The number of benzene rings is 1. The SMILES string of the molecule is CCOc1ccc([C@H](C(=O)NC2CCCC2)N(Cc2ccco2)C(=O)CNC(=O)c2ccco2)cc1. The summed E-state index contributed by atoms with van der Waals surface area (Å²) in [7, 11) is 0. The first-order valence-electron chi connectivity index (χ1n) is 12.2. The number of ether oxygens (including phenoxy) is 1. The van der Waals surface area contributed by atoms with Crippen LogP contribution in [0, 0.1) is 0 Å². The van der Waals surface area contributed by atoms with Gasteiger partial charge in [0.2, 0.25) is 11.8 Å².